The number of imidazole rings is 1. The lowest BCUT2D eigenvalue weighted by Crippen LogP contribution is -2.16. The minimum Gasteiger partial charge on any atom is -0.444 e. The number of thioether (sulfide) groups is 1. The molecule has 0 radical (unpaired) electrons. The zero-order chi connectivity index (χ0) is 19.7. The molecule has 0 spiro atoms. The summed E-state index contributed by atoms with van der Waals surface area (Å²) in [5.74, 6) is 1.42. The molecule has 1 unspecified atom stereocenters. The molecular formula is C22H27N3O2S. The van der Waals surface area contributed by atoms with E-state index in [-0.39, 0.29) is 0 Å². The lowest BCUT2D eigenvalue weighted by molar-refractivity contribution is 0.0945. The van der Waals surface area contributed by atoms with Crippen molar-refractivity contribution in [1.82, 2.24) is 14.5 Å². The van der Waals surface area contributed by atoms with E-state index < -0.39 is 0 Å². The van der Waals surface area contributed by atoms with Crippen LogP contribution in [0.2, 0.25) is 0 Å². The third-order valence-electron chi connectivity index (χ3n) is 5.35. The van der Waals surface area contributed by atoms with E-state index in [1.165, 1.54) is 16.8 Å². The van der Waals surface area contributed by atoms with E-state index in [0.717, 1.165) is 53.9 Å². The molecule has 3 heterocycles. The van der Waals surface area contributed by atoms with E-state index in [0.29, 0.717) is 12.0 Å². The van der Waals surface area contributed by atoms with Gasteiger partial charge in [0, 0.05) is 23.6 Å². The smallest absolute Gasteiger partial charge is 0.226 e. The molecule has 5 nitrogen and oxygen atoms in total. The molecule has 6 heteroatoms. The summed E-state index contributed by atoms with van der Waals surface area (Å²) in [7, 11) is 0. The zero-order valence-electron chi connectivity index (χ0n) is 17.0. The van der Waals surface area contributed by atoms with Crippen molar-refractivity contribution in [3.05, 3.63) is 52.7 Å². The van der Waals surface area contributed by atoms with Crippen LogP contribution in [0.1, 0.15) is 41.1 Å². The summed E-state index contributed by atoms with van der Waals surface area (Å²) >= 11 is 1.71. The second kappa shape index (κ2) is 8.13. The number of hydrogen-bond donors (Lipinski definition) is 0. The average Bonchev–Trinajstić information content (AvgIpc) is 3.39. The van der Waals surface area contributed by atoms with Gasteiger partial charge in [-0.25, -0.2) is 9.97 Å². The molecule has 0 bridgehead atoms. The van der Waals surface area contributed by atoms with Crippen LogP contribution in [-0.2, 0) is 17.0 Å². The molecule has 0 saturated carbocycles. The molecule has 0 aliphatic carbocycles. The monoisotopic (exact) mass is 397 g/mol. The fourth-order valence-electron chi connectivity index (χ4n) is 3.63. The van der Waals surface area contributed by atoms with Gasteiger partial charge in [0.1, 0.15) is 6.26 Å². The number of rotatable bonds is 6. The molecule has 0 N–H and O–H groups in total. The van der Waals surface area contributed by atoms with Gasteiger partial charge in [0.05, 0.1) is 24.0 Å². The maximum atomic E-state index is 5.83. The Hall–Kier alpha value is -2.05. The van der Waals surface area contributed by atoms with Crippen LogP contribution in [0.5, 0.6) is 0 Å². The second-order valence-electron chi connectivity index (χ2n) is 7.56. The number of aromatic nitrogens is 3. The van der Waals surface area contributed by atoms with Gasteiger partial charge in [0.15, 0.2) is 5.16 Å². The highest BCUT2D eigenvalue weighted by molar-refractivity contribution is 7.98. The van der Waals surface area contributed by atoms with Crippen LogP contribution in [0.4, 0.5) is 0 Å². The van der Waals surface area contributed by atoms with E-state index in [2.05, 4.69) is 50.5 Å². The van der Waals surface area contributed by atoms with Gasteiger partial charge in [-0.3, -0.25) is 0 Å². The van der Waals surface area contributed by atoms with Gasteiger partial charge in [-0.05, 0) is 52.2 Å². The predicted molar refractivity (Wildman–Crippen MR) is 112 cm³/mol. The summed E-state index contributed by atoms with van der Waals surface area (Å²) in [6, 6.07) is 6.32. The first-order valence-electron chi connectivity index (χ1n) is 9.81. The highest BCUT2D eigenvalue weighted by Crippen LogP contribution is 2.29. The standard InChI is InChI=1S/C22H27N3O2S/c1-14-7-8-20(15(2)10-14)21-24-18(12-27-21)13-28-22-23-16(3)17(4)25(22)11-19-6-5-9-26-19/h7-8,10,12,19H,5-6,9,11,13H2,1-4H3. The van der Waals surface area contributed by atoms with Crippen LogP contribution in [0.3, 0.4) is 0 Å². The summed E-state index contributed by atoms with van der Waals surface area (Å²) in [6.07, 6.45) is 4.34. The molecule has 3 aromatic rings. The largest absolute Gasteiger partial charge is 0.444 e. The highest BCUT2D eigenvalue weighted by atomic mass is 32.2. The van der Waals surface area contributed by atoms with Gasteiger partial charge < -0.3 is 13.7 Å². The molecule has 1 fully saturated rings. The Balaban J connectivity index is 1.48. The summed E-state index contributed by atoms with van der Waals surface area (Å²) < 4.78 is 13.9. The van der Waals surface area contributed by atoms with Crippen molar-refractivity contribution in [3.63, 3.8) is 0 Å². The number of ether oxygens (including phenoxy) is 1. The van der Waals surface area contributed by atoms with Crippen molar-refractivity contribution in [1.29, 1.82) is 0 Å². The van der Waals surface area contributed by atoms with Crippen molar-refractivity contribution in [2.75, 3.05) is 6.61 Å². The van der Waals surface area contributed by atoms with E-state index in [1.807, 2.05) is 0 Å². The molecule has 1 aliphatic heterocycles. The Morgan fingerprint density at radius 2 is 2.04 bits per heavy atom. The highest BCUT2D eigenvalue weighted by Gasteiger charge is 2.20. The molecule has 148 valence electrons. The van der Waals surface area contributed by atoms with Crippen LogP contribution >= 0.6 is 11.8 Å². The van der Waals surface area contributed by atoms with Crippen LogP contribution < -0.4 is 0 Å². The Morgan fingerprint density at radius 1 is 1.18 bits per heavy atom. The first-order chi connectivity index (χ1) is 13.5. The Kier molecular flexibility index (Phi) is 5.60. The van der Waals surface area contributed by atoms with Crippen LogP contribution in [-0.4, -0.2) is 27.2 Å². The van der Waals surface area contributed by atoms with Crippen molar-refractivity contribution >= 4 is 11.8 Å². The van der Waals surface area contributed by atoms with Crippen LogP contribution in [0, 0.1) is 27.7 Å². The molecule has 0 amide bonds. The SMILES string of the molecule is Cc1ccc(-c2nc(CSc3nc(C)c(C)n3CC3CCCO3)co2)c(C)c1. The fraction of sp³-hybridized carbons (Fsp3) is 0.455. The molecule has 1 atom stereocenters. The Labute approximate surface area is 170 Å². The molecule has 28 heavy (non-hydrogen) atoms. The third kappa shape index (κ3) is 4.03. The second-order valence-corrected chi connectivity index (χ2v) is 8.50. The topological polar surface area (TPSA) is 53.1 Å². The lowest BCUT2D eigenvalue weighted by Gasteiger charge is -2.14. The summed E-state index contributed by atoms with van der Waals surface area (Å²) in [6.45, 7) is 10.1. The van der Waals surface area contributed by atoms with Crippen molar-refractivity contribution in [3.8, 4) is 11.5 Å². The third-order valence-corrected chi connectivity index (χ3v) is 6.36. The number of hydrogen-bond acceptors (Lipinski definition) is 5. The minimum atomic E-state index is 0.301. The first kappa shape index (κ1) is 19.3. The van der Waals surface area contributed by atoms with Crippen LogP contribution in [0.25, 0.3) is 11.5 Å². The Morgan fingerprint density at radius 3 is 2.79 bits per heavy atom. The van der Waals surface area contributed by atoms with Gasteiger partial charge in [0.2, 0.25) is 5.89 Å². The molecule has 1 aliphatic rings. The molecular weight excluding hydrogens is 370 g/mol. The zero-order valence-corrected chi connectivity index (χ0v) is 17.8. The summed E-state index contributed by atoms with van der Waals surface area (Å²) in [5, 5.41) is 1.03. The van der Waals surface area contributed by atoms with E-state index in [4.69, 9.17) is 19.1 Å². The van der Waals surface area contributed by atoms with Crippen molar-refractivity contribution in [2.45, 2.75) is 64.1 Å². The van der Waals surface area contributed by atoms with Crippen LogP contribution in [0.15, 0.2) is 34.0 Å². The van der Waals surface area contributed by atoms with Gasteiger partial charge >= 0.3 is 0 Å². The summed E-state index contributed by atoms with van der Waals surface area (Å²) in [5.41, 5.74) is 6.70. The predicted octanol–water partition coefficient (Wildman–Crippen LogP) is 5.24. The number of benzene rings is 1. The number of oxazole rings is 1. The van der Waals surface area contributed by atoms with E-state index >= 15 is 0 Å². The number of nitrogens with zero attached hydrogens (tertiary/aromatic N) is 3. The fourth-order valence-corrected chi connectivity index (χ4v) is 4.61. The van der Waals surface area contributed by atoms with Gasteiger partial charge in [-0.1, -0.05) is 29.5 Å². The maximum Gasteiger partial charge on any atom is 0.226 e. The van der Waals surface area contributed by atoms with Gasteiger partial charge in [0.25, 0.3) is 0 Å². The van der Waals surface area contributed by atoms with E-state index in [9.17, 15) is 0 Å². The summed E-state index contributed by atoms with van der Waals surface area (Å²) in [4.78, 5) is 9.47. The maximum absolute atomic E-state index is 5.83. The average molecular weight is 398 g/mol. The van der Waals surface area contributed by atoms with Crippen molar-refractivity contribution in [2.24, 2.45) is 0 Å². The van der Waals surface area contributed by atoms with E-state index in [1.54, 1.807) is 18.0 Å². The molecule has 4 rings (SSSR count). The van der Waals surface area contributed by atoms with Gasteiger partial charge in [-0.15, -0.1) is 0 Å². The van der Waals surface area contributed by atoms with Gasteiger partial charge in [-0.2, -0.15) is 0 Å². The normalized spacial score (nSPS) is 16.8. The number of aryl methyl sites for hydroxylation is 3. The molecule has 1 aromatic carbocycles. The molecule has 1 saturated heterocycles. The molecule has 2 aromatic heterocycles. The first-order valence-corrected chi connectivity index (χ1v) is 10.8. The lowest BCUT2D eigenvalue weighted by atomic mass is 10.1. The minimum absolute atomic E-state index is 0.301. The Bertz CT molecular complexity index is 970. The quantitative estimate of drug-likeness (QED) is 0.532. The van der Waals surface area contributed by atoms with Crippen molar-refractivity contribution < 1.29 is 9.15 Å².